The SMILES string of the molecule is O=C(c1ccc(Br)cc1)N1CCN(C(=O)N2CCN(c3ccncc3)CC2)CC1. The van der Waals surface area contributed by atoms with Gasteiger partial charge < -0.3 is 19.6 Å². The molecule has 4 rings (SSSR count). The number of aromatic nitrogens is 1. The predicted octanol–water partition coefficient (Wildman–Crippen LogP) is 2.54. The van der Waals surface area contributed by atoms with Gasteiger partial charge in [0.15, 0.2) is 0 Å². The van der Waals surface area contributed by atoms with Crippen molar-refractivity contribution in [3.63, 3.8) is 0 Å². The van der Waals surface area contributed by atoms with E-state index >= 15 is 0 Å². The molecular weight excluding hydrogens is 434 g/mol. The molecule has 2 aliphatic rings. The van der Waals surface area contributed by atoms with Crippen LogP contribution in [-0.2, 0) is 0 Å². The minimum atomic E-state index is 0.0237. The Hall–Kier alpha value is -2.61. The number of hydrogen-bond acceptors (Lipinski definition) is 4. The molecule has 152 valence electrons. The van der Waals surface area contributed by atoms with Gasteiger partial charge in [0.1, 0.15) is 0 Å². The number of anilines is 1. The van der Waals surface area contributed by atoms with Crippen molar-refractivity contribution in [2.75, 3.05) is 57.3 Å². The van der Waals surface area contributed by atoms with Gasteiger partial charge in [0.25, 0.3) is 5.91 Å². The number of nitrogens with zero attached hydrogens (tertiary/aromatic N) is 5. The number of carbonyl (C=O) groups is 2. The fraction of sp³-hybridized carbons (Fsp3) is 0.381. The van der Waals surface area contributed by atoms with Gasteiger partial charge in [0.05, 0.1) is 0 Å². The molecule has 0 bridgehead atoms. The van der Waals surface area contributed by atoms with Crippen molar-refractivity contribution in [2.24, 2.45) is 0 Å². The van der Waals surface area contributed by atoms with Gasteiger partial charge in [-0.05, 0) is 36.4 Å². The van der Waals surface area contributed by atoms with Crippen molar-refractivity contribution < 1.29 is 9.59 Å². The molecule has 0 aliphatic carbocycles. The van der Waals surface area contributed by atoms with Crippen molar-refractivity contribution in [2.45, 2.75) is 0 Å². The summed E-state index contributed by atoms with van der Waals surface area (Å²) in [5.74, 6) is 0.0237. The topological polar surface area (TPSA) is 60.0 Å². The van der Waals surface area contributed by atoms with Crippen LogP contribution in [0, 0.1) is 0 Å². The lowest BCUT2D eigenvalue weighted by Crippen LogP contribution is -2.57. The van der Waals surface area contributed by atoms with Crippen LogP contribution in [0.1, 0.15) is 10.4 Å². The zero-order valence-corrected chi connectivity index (χ0v) is 17.8. The maximum Gasteiger partial charge on any atom is 0.320 e. The lowest BCUT2D eigenvalue weighted by Gasteiger charge is -2.41. The average Bonchev–Trinajstić information content (AvgIpc) is 2.79. The van der Waals surface area contributed by atoms with Crippen LogP contribution in [0.4, 0.5) is 10.5 Å². The molecule has 2 fully saturated rings. The Bertz CT molecular complexity index is 845. The third-order valence-corrected chi connectivity index (χ3v) is 6.04. The van der Waals surface area contributed by atoms with Gasteiger partial charge in [-0.15, -0.1) is 0 Å². The van der Waals surface area contributed by atoms with Gasteiger partial charge in [-0.2, -0.15) is 0 Å². The molecule has 3 amide bonds. The summed E-state index contributed by atoms with van der Waals surface area (Å²) < 4.78 is 0.952. The van der Waals surface area contributed by atoms with E-state index in [0.717, 1.165) is 23.2 Å². The Morgan fingerprint density at radius 2 is 1.24 bits per heavy atom. The smallest absolute Gasteiger partial charge is 0.320 e. The van der Waals surface area contributed by atoms with Crippen LogP contribution in [0.25, 0.3) is 0 Å². The van der Waals surface area contributed by atoms with E-state index in [9.17, 15) is 9.59 Å². The minimum Gasteiger partial charge on any atom is -0.368 e. The third kappa shape index (κ3) is 4.53. The summed E-state index contributed by atoms with van der Waals surface area (Å²) in [6, 6.07) is 11.5. The third-order valence-electron chi connectivity index (χ3n) is 5.51. The van der Waals surface area contributed by atoms with Crippen LogP contribution < -0.4 is 4.90 Å². The van der Waals surface area contributed by atoms with E-state index in [0.29, 0.717) is 44.8 Å². The number of pyridine rings is 1. The molecular formula is C21H24BrN5O2. The fourth-order valence-corrected chi connectivity index (χ4v) is 4.05. The molecule has 29 heavy (non-hydrogen) atoms. The molecule has 8 heteroatoms. The van der Waals surface area contributed by atoms with E-state index in [1.807, 2.05) is 51.1 Å². The highest BCUT2D eigenvalue weighted by Gasteiger charge is 2.29. The van der Waals surface area contributed by atoms with Crippen LogP contribution in [0.15, 0.2) is 53.3 Å². The Labute approximate surface area is 179 Å². The molecule has 2 aliphatic heterocycles. The van der Waals surface area contributed by atoms with Crippen molar-refractivity contribution >= 4 is 33.6 Å². The molecule has 0 unspecified atom stereocenters. The second-order valence-corrected chi connectivity index (χ2v) is 8.16. The molecule has 1 aromatic heterocycles. The molecule has 3 heterocycles. The number of benzene rings is 1. The molecule has 0 spiro atoms. The molecule has 2 saturated heterocycles. The number of urea groups is 1. The molecule has 0 N–H and O–H groups in total. The van der Waals surface area contributed by atoms with Crippen molar-refractivity contribution in [3.8, 4) is 0 Å². The fourth-order valence-electron chi connectivity index (χ4n) is 3.79. The first-order chi connectivity index (χ1) is 14.1. The van der Waals surface area contributed by atoms with Crippen LogP contribution in [0.3, 0.4) is 0 Å². The van der Waals surface area contributed by atoms with E-state index in [1.54, 1.807) is 12.4 Å². The van der Waals surface area contributed by atoms with Crippen molar-refractivity contribution in [1.29, 1.82) is 0 Å². The number of rotatable bonds is 2. The quantitative estimate of drug-likeness (QED) is 0.694. The summed E-state index contributed by atoms with van der Waals surface area (Å²) in [7, 11) is 0. The zero-order chi connectivity index (χ0) is 20.2. The van der Waals surface area contributed by atoms with Gasteiger partial charge in [0.2, 0.25) is 0 Å². The van der Waals surface area contributed by atoms with E-state index < -0.39 is 0 Å². The second kappa shape index (κ2) is 8.82. The van der Waals surface area contributed by atoms with E-state index in [2.05, 4.69) is 25.8 Å². The highest BCUT2D eigenvalue weighted by molar-refractivity contribution is 9.10. The Morgan fingerprint density at radius 3 is 1.83 bits per heavy atom. The molecule has 0 atom stereocenters. The van der Waals surface area contributed by atoms with Gasteiger partial charge in [0, 0.05) is 80.5 Å². The summed E-state index contributed by atoms with van der Waals surface area (Å²) >= 11 is 3.39. The maximum absolute atomic E-state index is 12.9. The van der Waals surface area contributed by atoms with Gasteiger partial charge in [-0.1, -0.05) is 15.9 Å². The molecule has 0 radical (unpaired) electrons. The summed E-state index contributed by atoms with van der Waals surface area (Å²) in [6.07, 6.45) is 3.59. The lowest BCUT2D eigenvalue weighted by molar-refractivity contribution is 0.0637. The van der Waals surface area contributed by atoms with Crippen LogP contribution in [0.2, 0.25) is 0 Å². The Kier molecular flexibility index (Phi) is 5.99. The average molecular weight is 458 g/mol. The monoisotopic (exact) mass is 457 g/mol. The number of carbonyl (C=O) groups excluding carboxylic acids is 2. The van der Waals surface area contributed by atoms with Crippen LogP contribution in [-0.4, -0.2) is 84.0 Å². The summed E-state index contributed by atoms with van der Waals surface area (Å²) in [4.78, 5) is 37.5. The maximum atomic E-state index is 12.9. The first-order valence-electron chi connectivity index (χ1n) is 9.85. The standard InChI is InChI=1S/C21H24BrN5O2/c22-18-3-1-17(2-4-18)20(28)25-11-15-27(16-12-25)21(29)26-13-9-24(10-14-26)19-5-7-23-8-6-19/h1-8H,9-16H2. The first kappa shape index (κ1) is 19.7. The van der Waals surface area contributed by atoms with Gasteiger partial charge in [-0.25, -0.2) is 4.79 Å². The molecule has 0 saturated carbocycles. The molecule has 2 aromatic rings. The van der Waals surface area contributed by atoms with Crippen molar-refractivity contribution in [1.82, 2.24) is 19.7 Å². The van der Waals surface area contributed by atoms with E-state index in [1.165, 1.54) is 0 Å². The van der Waals surface area contributed by atoms with Gasteiger partial charge >= 0.3 is 6.03 Å². The normalized spacial score (nSPS) is 17.4. The highest BCUT2D eigenvalue weighted by atomic mass is 79.9. The largest absolute Gasteiger partial charge is 0.368 e. The summed E-state index contributed by atoms with van der Waals surface area (Å²) in [6.45, 7) is 5.33. The van der Waals surface area contributed by atoms with Gasteiger partial charge in [-0.3, -0.25) is 9.78 Å². The van der Waals surface area contributed by atoms with Crippen LogP contribution in [0.5, 0.6) is 0 Å². The number of piperazine rings is 2. The Morgan fingerprint density at radius 1 is 0.724 bits per heavy atom. The lowest BCUT2D eigenvalue weighted by atomic mass is 10.2. The van der Waals surface area contributed by atoms with Crippen molar-refractivity contribution in [3.05, 3.63) is 58.8 Å². The van der Waals surface area contributed by atoms with Crippen LogP contribution >= 0.6 is 15.9 Å². The second-order valence-electron chi connectivity index (χ2n) is 7.25. The molecule has 7 nitrogen and oxygen atoms in total. The minimum absolute atomic E-state index is 0.0237. The molecule has 1 aromatic carbocycles. The van der Waals surface area contributed by atoms with E-state index in [-0.39, 0.29) is 11.9 Å². The first-order valence-corrected chi connectivity index (χ1v) is 10.6. The highest BCUT2D eigenvalue weighted by Crippen LogP contribution is 2.17. The van der Waals surface area contributed by atoms with E-state index in [4.69, 9.17) is 0 Å². The predicted molar refractivity (Wildman–Crippen MR) is 115 cm³/mol. The summed E-state index contributed by atoms with van der Waals surface area (Å²) in [5, 5.41) is 0. The number of halogens is 1. The number of hydrogen-bond donors (Lipinski definition) is 0. The summed E-state index contributed by atoms with van der Waals surface area (Å²) in [5.41, 5.74) is 1.83. The zero-order valence-electron chi connectivity index (χ0n) is 16.2. The Balaban J connectivity index is 1.27. The number of amides is 3.